The third-order valence-corrected chi connectivity index (χ3v) is 11.1. The molecule has 1 aromatic carbocycles. The molecule has 0 amide bonds. The molecule has 2 atom stereocenters. The monoisotopic (exact) mass is 826 g/mol. The summed E-state index contributed by atoms with van der Waals surface area (Å²) in [4.78, 5) is 40.3. The van der Waals surface area contributed by atoms with Crippen molar-refractivity contribution in [1.82, 2.24) is 4.90 Å². The normalized spacial score (nSPS) is 15.2. The molecule has 9 heteroatoms. The largest absolute Gasteiger partial charge is 0.508 e. The number of rotatable bonds is 35. The molecule has 2 unspecified atom stereocenters. The van der Waals surface area contributed by atoms with Gasteiger partial charge in [-0.3, -0.25) is 4.79 Å². The minimum Gasteiger partial charge on any atom is -0.461 e. The van der Waals surface area contributed by atoms with Crippen LogP contribution in [-0.4, -0.2) is 62.4 Å². The van der Waals surface area contributed by atoms with E-state index in [1.54, 1.807) is 0 Å². The molecule has 0 spiro atoms. The molecule has 0 aromatic heterocycles. The Morgan fingerprint density at radius 2 is 1.24 bits per heavy atom. The van der Waals surface area contributed by atoms with Gasteiger partial charge >= 0.3 is 18.1 Å². The van der Waals surface area contributed by atoms with Crippen molar-refractivity contribution < 1.29 is 38.1 Å². The maximum absolute atomic E-state index is 12.7. The zero-order valence-electron chi connectivity index (χ0n) is 37.8. The van der Waals surface area contributed by atoms with Gasteiger partial charge in [-0.05, 0) is 118 Å². The molecule has 2 rings (SSSR count). The summed E-state index contributed by atoms with van der Waals surface area (Å²) in [7, 11) is 0. The van der Waals surface area contributed by atoms with Crippen LogP contribution in [0.15, 0.2) is 42.5 Å². The van der Waals surface area contributed by atoms with Gasteiger partial charge in [-0.1, -0.05) is 123 Å². The molecular formula is C50H83NO8. The van der Waals surface area contributed by atoms with E-state index in [4.69, 9.17) is 23.7 Å². The highest BCUT2D eigenvalue weighted by Crippen LogP contribution is 2.20. The highest BCUT2D eigenvalue weighted by Gasteiger charge is 2.21. The molecule has 1 aliphatic heterocycles. The summed E-state index contributed by atoms with van der Waals surface area (Å²) in [6.07, 6.45) is 32.7. The summed E-state index contributed by atoms with van der Waals surface area (Å²) in [5, 5.41) is 0. The Hall–Kier alpha value is -3.17. The summed E-state index contributed by atoms with van der Waals surface area (Å²) in [6.45, 7) is 12.7. The number of allylic oxidation sites excluding steroid dienone is 4. The molecule has 0 radical (unpaired) electrons. The minimum absolute atomic E-state index is 0.0141. The van der Waals surface area contributed by atoms with Crippen LogP contribution in [0.2, 0.25) is 0 Å². The lowest BCUT2D eigenvalue weighted by molar-refractivity contribution is -0.150. The van der Waals surface area contributed by atoms with Gasteiger partial charge in [0, 0.05) is 18.9 Å². The van der Waals surface area contributed by atoms with Crippen molar-refractivity contribution in [3.8, 4) is 0 Å². The van der Waals surface area contributed by atoms with E-state index >= 15 is 0 Å². The number of hydrogen-bond donors (Lipinski definition) is 0. The molecule has 1 heterocycles. The zero-order chi connectivity index (χ0) is 42.6. The van der Waals surface area contributed by atoms with Crippen molar-refractivity contribution in [1.29, 1.82) is 0 Å². The van der Waals surface area contributed by atoms with E-state index in [9.17, 15) is 14.4 Å². The third kappa shape index (κ3) is 28.1. The maximum atomic E-state index is 12.7. The van der Waals surface area contributed by atoms with Gasteiger partial charge in [0.2, 0.25) is 0 Å². The fourth-order valence-electron chi connectivity index (χ4n) is 7.53. The number of esters is 2. The molecule has 59 heavy (non-hydrogen) atoms. The van der Waals surface area contributed by atoms with Crippen LogP contribution in [-0.2, 0) is 53.1 Å². The van der Waals surface area contributed by atoms with Gasteiger partial charge in [0.15, 0.2) is 0 Å². The second-order valence-corrected chi connectivity index (χ2v) is 16.6. The van der Waals surface area contributed by atoms with Gasteiger partial charge in [-0.25, -0.2) is 9.59 Å². The molecule has 0 N–H and O–H groups in total. The van der Waals surface area contributed by atoms with Crippen LogP contribution < -0.4 is 0 Å². The van der Waals surface area contributed by atoms with Gasteiger partial charge in [0.25, 0.3) is 0 Å². The Balaban J connectivity index is 1.83. The lowest BCUT2D eigenvalue weighted by Crippen LogP contribution is -2.37. The van der Waals surface area contributed by atoms with E-state index in [1.165, 1.54) is 57.8 Å². The predicted octanol–water partition coefficient (Wildman–Crippen LogP) is 12.8. The molecule has 0 bridgehead atoms. The van der Waals surface area contributed by atoms with Gasteiger partial charge in [0.1, 0.15) is 26.4 Å². The number of nitrogens with zero attached hydrogens (tertiary/aromatic N) is 1. The topological polar surface area (TPSA) is 101 Å². The quantitative estimate of drug-likeness (QED) is 0.0286. The van der Waals surface area contributed by atoms with E-state index in [0.29, 0.717) is 42.6 Å². The summed E-state index contributed by atoms with van der Waals surface area (Å²) in [6, 6.07) is 5.55. The first-order valence-electron chi connectivity index (χ1n) is 23.7. The molecule has 0 aliphatic carbocycles. The van der Waals surface area contributed by atoms with Crippen molar-refractivity contribution in [3.05, 3.63) is 59.2 Å². The number of ether oxygens (including phenoxy) is 5. The average Bonchev–Trinajstić information content (AvgIpc) is 3.25. The molecular weight excluding hydrogens is 743 g/mol. The molecule has 1 aromatic rings. The number of likely N-dealkylation sites (tertiary alicyclic amines) is 1. The zero-order valence-corrected chi connectivity index (χ0v) is 37.8. The van der Waals surface area contributed by atoms with E-state index in [0.717, 1.165) is 102 Å². The number of carbonyl (C=O) groups excluding carboxylic acids is 3. The van der Waals surface area contributed by atoms with Crippen molar-refractivity contribution in [2.24, 2.45) is 11.8 Å². The number of hydrogen-bond acceptors (Lipinski definition) is 9. The van der Waals surface area contributed by atoms with Gasteiger partial charge in [-0.2, -0.15) is 0 Å². The number of piperidine rings is 1. The molecule has 1 fully saturated rings. The number of unbranched alkanes of at least 4 members (excludes halogenated alkanes) is 12. The Bertz CT molecular complexity index is 1300. The summed E-state index contributed by atoms with van der Waals surface area (Å²) in [5.74, 6) is 0.0950. The Kier molecular flexibility index (Phi) is 31.3. The Labute approximate surface area is 359 Å². The van der Waals surface area contributed by atoms with Crippen LogP contribution in [0.5, 0.6) is 0 Å². The van der Waals surface area contributed by atoms with E-state index < -0.39 is 12.1 Å². The Morgan fingerprint density at radius 3 is 1.92 bits per heavy atom. The van der Waals surface area contributed by atoms with Crippen LogP contribution in [0.3, 0.4) is 0 Å². The van der Waals surface area contributed by atoms with Gasteiger partial charge in [0.05, 0.1) is 13.2 Å². The second kappa shape index (κ2) is 35.6. The SMILES string of the molecule is CCCCC/C=C\C/C=C\CCCCCCCC(=O)OCc1cc(COC(=O)COCC(CCCC)CCCCCC)cc(COC(=O)OCC2CCCN(CC)C2)c1. The maximum Gasteiger partial charge on any atom is 0.508 e. The van der Waals surface area contributed by atoms with E-state index in [-0.39, 0.29) is 32.4 Å². The smallest absolute Gasteiger partial charge is 0.461 e. The summed E-state index contributed by atoms with van der Waals surface area (Å²) < 4.78 is 28.1. The second-order valence-electron chi connectivity index (χ2n) is 16.6. The van der Waals surface area contributed by atoms with Crippen LogP contribution >= 0.6 is 0 Å². The van der Waals surface area contributed by atoms with Crippen LogP contribution in [0, 0.1) is 11.8 Å². The molecule has 9 nitrogen and oxygen atoms in total. The van der Waals surface area contributed by atoms with Gasteiger partial charge < -0.3 is 28.6 Å². The van der Waals surface area contributed by atoms with Crippen molar-refractivity contribution in [3.63, 3.8) is 0 Å². The summed E-state index contributed by atoms with van der Waals surface area (Å²) in [5.41, 5.74) is 2.15. The predicted molar refractivity (Wildman–Crippen MR) is 239 cm³/mol. The van der Waals surface area contributed by atoms with Gasteiger partial charge in [-0.15, -0.1) is 0 Å². The van der Waals surface area contributed by atoms with Crippen LogP contribution in [0.4, 0.5) is 4.79 Å². The van der Waals surface area contributed by atoms with Crippen molar-refractivity contribution in [2.75, 3.05) is 39.5 Å². The first-order chi connectivity index (χ1) is 28.9. The van der Waals surface area contributed by atoms with Crippen LogP contribution in [0.1, 0.15) is 186 Å². The van der Waals surface area contributed by atoms with Crippen molar-refractivity contribution in [2.45, 2.75) is 189 Å². The first kappa shape index (κ1) is 52.0. The minimum atomic E-state index is -0.708. The van der Waals surface area contributed by atoms with Crippen molar-refractivity contribution >= 4 is 18.1 Å². The molecule has 336 valence electrons. The molecule has 1 saturated heterocycles. The fraction of sp³-hybridized carbons (Fsp3) is 0.740. The highest BCUT2D eigenvalue weighted by molar-refractivity contribution is 5.70. The average molecular weight is 826 g/mol. The highest BCUT2D eigenvalue weighted by atomic mass is 16.7. The van der Waals surface area contributed by atoms with E-state index in [2.05, 4.69) is 56.9 Å². The van der Waals surface area contributed by atoms with E-state index in [1.807, 2.05) is 18.2 Å². The fourth-order valence-corrected chi connectivity index (χ4v) is 7.53. The Morgan fingerprint density at radius 1 is 0.661 bits per heavy atom. The van der Waals surface area contributed by atoms with Crippen LogP contribution in [0.25, 0.3) is 0 Å². The molecule has 1 aliphatic rings. The first-order valence-corrected chi connectivity index (χ1v) is 23.7. The lowest BCUT2D eigenvalue weighted by Gasteiger charge is -2.31. The number of carbonyl (C=O) groups is 3. The lowest BCUT2D eigenvalue weighted by atomic mass is 9.96. The summed E-state index contributed by atoms with van der Waals surface area (Å²) >= 11 is 0. The standard InChI is InChI=1S/C50H83NO8/c1-5-9-12-14-15-16-17-18-19-20-21-22-23-24-26-31-48(52)56-39-45-33-46(40-57-49(53)42-55-37-43(28-11-7-3)29-25-13-10-6-2)35-47(34-45)41-59-50(54)58-38-44-30-27-32-51(8-4)36-44/h15-16,18-19,33-35,43-44H,5-14,17,20-32,36-42H2,1-4H3/b16-15-,19-18-. The molecule has 0 saturated carbocycles. The third-order valence-electron chi connectivity index (χ3n) is 11.1. The number of benzene rings is 1.